The number of nitrogens with zero attached hydrogens (tertiary/aromatic N) is 2. The highest BCUT2D eigenvalue weighted by atomic mass is 32.2. The van der Waals surface area contributed by atoms with Gasteiger partial charge in [-0.25, -0.2) is 18.2 Å². The monoisotopic (exact) mass is 844 g/mol. The maximum absolute atomic E-state index is 13.5. The van der Waals surface area contributed by atoms with Gasteiger partial charge in [0.1, 0.15) is 41.4 Å². The molecule has 4 aromatic carbocycles. The highest BCUT2D eigenvalue weighted by molar-refractivity contribution is 7.92. The fourth-order valence-corrected chi connectivity index (χ4v) is 7.39. The Balaban J connectivity index is 1.19. The predicted octanol–water partition coefficient (Wildman–Crippen LogP) is 5.00. The van der Waals surface area contributed by atoms with Gasteiger partial charge in [0.2, 0.25) is 10.0 Å². The molecule has 1 saturated heterocycles. The van der Waals surface area contributed by atoms with Crippen LogP contribution in [0, 0.1) is 0 Å². The van der Waals surface area contributed by atoms with E-state index in [1.807, 2.05) is 45.0 Å². The van der Waals surface area contributed by atoms with Gasteiger partial charge >= 0.3 is 6.03 Å². The smallest absolute Gasteiger partial charge is 0.323 e. The third-order valence-corrected chi connectivity index (χ3v) is 10.5. The number of urea groups is 1. The average molecular weight is 845 g/mol. The zero-order chi connectivity index (χ0) is 43.5. The van der Waals surface area contributed by atoms with E-state index in [9.17, 15) is 38.4 Å². The molecule has 17 nitrogen and oxygen atoms in total. The summed E-state index contributed by atoms with van der Waals surface area (Å²) in [6, 6.07) is 20.4. The number of rotatable bonds is 12. The number of aliphatic hydroxyl groups is 4. The number of β-amino-alcohol motifs (C(OH)–C–C–N with tert-alkyl or cyclic N) is 1. The number of benzene rings is 4. The molecule has 1 aliphatic rings. The van der Waals surface area contributed by atoms with Crippen LogP contribution in [0.25, 0.3) is 10.8 Å². The summed E-state index contributed by atoms with van der Waals surface area (Å²) >= 11 is 0. The summed E-state index contributed by atoms with van der Waals surface area (Å²) in [5, 5.41) is 50.7. The zero-order valence-electron chi connectivity index (χ0n) is 33.8. The number of sulfonamides is 1. The predicted molar refractivity (Wildman–Crippen MR) is 227 cm³/mol. The van der Waals surface area contributed by atoms with Crippen molar-refractivity contribution < 1.29 is 52.6 Å². The highest BCUT2D eigenvalue weighted by Gasteiger charge is 2.43. The number of nitrogens with one attached hydrogen (secondary N) is 4. The first kappa shape index (κ1) is 43.4. The Kier molecular flexibility index (Phi) is 12.7. The van der Waals surface area contributed by atoms with Gasteiger partial charge in [0.25, 0.3) is 5.91 Å². The number of hydrogen-bond acceptors (Lipinski definition) is 13. The van der Waals surface area contributed by atoms with Gasteiger partial charge in [-0.05, 0) is 53.4 Å². The van der Waals surface area contributed by atoms with Gasteiger partial charge in [-0.2, -0.15) is 0 Å². The van der Waals surface area contributed by atoms with E-state index in [1.54, 1.807) is 54.7 Å². The molecule has 0 aliphatic carbocycles. The van der Waals surface area contributed by atoms with Crippen LogP contribution in [0.5, 0.6) is 23.0 Å². The second kappa shape index (κ2) is 17.6. The molecule has 5 aromatic rings. The maximum atomic E-state index is 13.5. The van der Waals surface area contributed by atoms with E-state index >= 15 is 0 Å². The fraction of sp³-hybridized carbons (Fsp3) is 0.310. The fourth-order valence-electron chi connectivity index (χ4n) is 6.84. The van der Waals surface area contributed by atoms with E-state index in [4.69, 9.17) is 14.2 Å². The van der Waals surface area contributed by atoms with E-state index in [-0.39, 0.29) is 35.0 Å². The molecule has 4 atom stereocenters. The molecule has 1 aromatic heterocycles. The second-order valence-electron chi connectivity index (χ2n) is 15.2. The number of fused-ring (bicyclic) bond motifs is 1. The Morgan fingerprint density at radius 1 is 0.850 bits per heavy atom. The van der Waals surface area contributed by atoms with Crippen LogP contribution in [-0.2, 0) is 15.4 Å². The molecule has 1 aliphatic heterocycles. The van der Waals surface area contributed by atoms with Crippen LogP contribution in [0.4, 0.5) is 33.4 Å². The summed E-state index contributed by atoms with van der Waals surface area (Å²) in [5.41, 5.74) is 1.90. The van der Waals surface area contributed by atoms with Gasteiger partial charge in [-0.3, -0.25) is 9.52 Å². The molecular weight excluding hydrogens is 797 g/mol. The first-order chi connectivity index (χ1) is 28.4. The van der Waals surface area contributed by atoms with Crippen LogP contribution in [0.15, 0.2) is 85.1 Å². The summed E-state index contributed by atoms with van der Waals surface area (Å²) < 4.78 is 44.2. The van der Waals surface area contributed by atoms with Crippen LogP contribution < -0.4 is 34.9 Å². The second-order valence-corrected chi connectivity index (χ2v) is 17.0. The molecule has 0 bridgehead atoms. The minimum Gasteiger partial charge on any atom is -0.496 e. The summed E-state index contributed by atoms with van der Waals surface area (Å²) in [5.74, 6) is 1.00. The van der Waals surface area contributed by atoms with Crippen LogP contribution in [0.2, 0.25) is 0 Å². The highest BCUT2D eigenvalue weighted by Crippen LogP contribution is 2.40. The first-order valence-electron chi connectivity index (χ1n) is 18.8. The first-order valence-corrected chi connectivity index (χ1v) is 20.6. The zero-order valence-corrected chi connectivity index (χ0v) is 34.6. The van der Waals surface area contributed by atoms with Crippen LogP contribution >= 0.6 is 0 Å². The number of aliphatic hydroxyl groups excluding tert-OH is 4. The van der Waals surface area contributed by atoms with Gasteiger partial charge in [0, 0.05) is 34.8 Å². The third kappa shape index (κ3) is 9.64. The van der Waals surface area contributed by atoms with Gasteiger partial charge < -0.3 is 55.5 Å². The van der Waals surface area contributed by atoms with Crippen molar-refractivity contribution in [3.63, 3.8) is 0 Å². The molecule has 8 N–H and O–H groups in total. The molecule has 60 heavy (non-hydrogen) atoms. The van der Waals surface area contributed by atoms with E-state index < -0.39 is 58.3 Å². The molecular formula is C42H48N6O11S. The lowest BCUT2D eigenvalue weighted by atomic mass is 9.86. The standard InChI is InChI=1S/C42H48N6O11S/c1-42(2,3)23-17-30(39(58-5)31(18-23)47-60(6,55)56)46-41(54)45-29-13-14-34(27-10-8-7-9-26(27)29)59-25-15-16-43-36(20-25)44-24-11-12-28(35(19-24)57-4)40(53)48-21-33(50)38(52)37(51)32(48)22-49/h7-20,32-33,37-38,47,49-52H,21-22H2,1-6H3,(H,43,44)(H2,45,46,54)/t32-,33+,37-,38-/m1/s1. The molecule has 6 rings (SSSR count). The van der Waals surface area contributed by atoms with Crippen molar-refractivity contribution in [1.29, 1.82) is 0 Å². The quantitative estimate of drug-likeness (QED) is 0.0826. The minimum absolute atomic E-state index is 0.107. The number of carbonyl (C=O) groups is 2. The number of hydrogen-bond donors (Lipinski definition) is 8. The lowest BCUT2D eigenvalue weighted by Crippen LogP contribution is -2.63. The SMILES string of the molecule is COc1cc(Nc2cc(Oc3ccc(NC(=O)Nc4cc(C(C)(C)C)cc(NS(C)(=O)=O)c4OC)c4ccccc34)ccn2)ccc1C(=O)N1C[C@H](O)[C@@H](O)[C@H](O)[C@H]1CO. The number of methoxy groups -OCH3 is 2. The van der Waals surface area contributed by atoms with Crippen LogP contribution in [0.3, 0.4) is 0 Å². The lowest BCUT2D eigenvalue weighted by Gasteiger charge is -2.43. The molecule has 18 heteroatoms. The van der Waals surface area contributed by atoms with Gasteiger partial charge in [-0.15, -0.1) is 0 Å². The number of pyridine rings is 1. The number of piperidine rings is 1. The van der Waals surface area contributed by atoms with Gasteiger partial charge in [-0.1, -0.05) is 45.0 Å². The van der Waals surface area contributed by atoms with Crippen molar-refractivity contribution in [3.05, 3.63) is 96.2 Å². The van der Waals surface area contributed by atoms with E-state index in [1.165, 1.54) is 20.3 Å². The number of anilines is 5. The Morgan fingerprint density at radius 2 is 1.55 bits per heavy atom. The molecule has 1 fully saturated rings. The van der Waals surface area contributed by atoms with Crippen molar-refractivity contribution in [2.45, 2.75) is 50.5 Å². The van der Waals surface area contributed by atoms with Gasteiger partial charge in [0.05, 0.1) is 62.3 Å². The maximum Gasteiger partial charge on any atom is 0.323 e. The van der Waals surface area contributed by atoms with Crippen LogP contribution in [-0.4, -0.2) is 109 Å². The largest absolute Gasteiger partial charge is 0.496 e. The molecule has 0 saturated carbocycles. The average Bonchev–Trinajstić information content (AvgIpc) is 3.19. The molecule has 318 valence electrons. The molecule has 3 amide bonds. The summed E-state index contributed by atoms with van der Waals surface area (Å²) in [6.07, 6.45) is -1.89. The van der Waals surface area contributed by atoms with Crippen molar-refractivity contribution >= 4 is 61.3 Å². The Hall–Kier alpha value is -6.18. The number of ether oxygens (including phenoxy) is 3. The molecule has 2 heterocycles. The number of carbonyl (C=O) groups excluding carboxylic acids is 2. The third-order valence-electron chi connectivity index (χ3n) is 9.87. The molecule has 0 unspecified atom stereocenters. The number of amides is 3. The summed E-state index contributed by atoms with van der Waals surface area (Å²) in [6.45, 7) is 4.96. The van der Waals surface area contributed by atoms with Crippen LogP contribution in [0.1, 0.15) is 36.7 Å². The normalized spacial score (nSPS) is 18.1. The minimum atomic E-state index is -3.67. The Bertz CT molecular complexity index is 2510. The number of aromatic nitrogens is 1. The number of likely N-dealkylation sites (tertiary alicyclic amines) is 1. The van der Waals surface area contributed by atoms with Gasteiger partial charge in [0.15, 0.2) is 5.75 Å². The van der Waals surface area contributed by atoms with Crippen molar-refractivity contribution in [3.8, 4) is 23.0 Å². The van der Waals surface area contributed by atoms with E-state index in [0.29, 0.717) is 39.5 Å². The van der Waals surface area contributed by atoms with Crippen molar-refractivity contribution in [1.82, 2.24) is 9.88 Å². The lowest BCUT2D eigenvalue weighted by molar-refractivity contribution is -0.134. The topological polar surface area (TPSA) is 241 Å². The van der Waals surface area contributed by atoms with E-state index in [0.717, 1.165) is 16.7 Å². The Labute approximate surface area is 347 Å². The van der Waals surface area contributed by atoms with Crippen molar-refractivity contribution in [2.24, 2.45) is 0 Å². The molecule has 0 spiro atoms. The van der Waals surface area contributed by atoms with Crippen molar-refractivity contribution in [2.75, 3.05) is 54.3 Å². The molecule has 0 radical (unpaired) electrons. The summed E-state index contributed by atoms with van der Waals surface area (Å²) in [7, 11) is -0.900. The summed E-state index contributed by atoms with van der Waals surface area (Å²) in [4.78, 5) is 32.5. The Morgan fingerprint density at radius 3 is 2.22 bits per heavy atom. The van der Waals surface area contributed by atoms with E-state index in [2.05, 4.69) is 25.7 Å².